The molecule has 78 valence electrons. The van der Waals surface area contributed by atoms with E-state index in [0.717, 1.165) is 6.07 Å². The van der Waals surface area contributed by atoms with Crippen molar-refractivity contribution in [2.75, 3.05) is 0 Å². The maximum atomic E-state index is 12.8. The van der Waals surface area contributed by atoms with Gasteiger partial charge in [-0.15, -0.1) is 0 Å². The molecule has 0 spiro atoms. The first-order valence-electron chi connectivity index (χ1n) is 3.40. The van der Waals surface area contributed by atoms with Crippen molar-refractivity contribution in [3.63, 3.8) is 0 Å². The summed E-state index contributed by atoms with van der Waals surface area (Å²) in [5, 5.41) is 8.86. The van der Waals surface area contributed by atoms with Crippen LogP contribution in [0.15, 0.2) is 18.2 Å². The summed E-state index contributed by atoms with van der Waals surface area (Å²) in [7, 11) is -5.10. The third-order valence-corrected chi connectivity index (χ3v) is 2.30. The third kappa shape index (κ3) is 3.78. The zero-order chi connectivity index (χ0) is 10.9. The minimum absolute atomic E-state index is 0. The summed E-state index contributed by atoms with van der Waals surface area (Å²) in [6, 6.07) is 1.82. The summed E-state index contributed by atoms with van der Waals surface area (Å²) in [5.74, 6) is -2.09. The van der Waals surface area contributed by atoms with E-state index in [4.69, 9.17) is 5.11 Å². The summed E-state index contributed by atoms with van der Waals surface area (Å²) in [6.45, 7) is 0. The molecule has 0 amide bonds. The Morgan fingerprint density at radius 3 is 2.33 bits per heavy atom. The molecular formula is C7H5F2NaO4S. The van der Waals surface area contributed by atoms with E-state index in [2.05, 4.69) is 0 Å². The van der Waals surface area contributed by atoms with Crippen molar-refractivity contribution in [2.45, 2.75) is 5.44 Å². The van der Waals surface area contributed by atoms with Crippen molar-refractivity contribution >= 4 is 10.1 Å². The molecule has 0 saturated carbocycles. The van der Waals surface area contributed by atoms with Crippen LogP contribution in [0.5, 0.6) is 0 Å². The topological polar surface area (TPSA) is 77.4 Å². The number of rotatable bonds is 2. The van der Waals surface area contributed by atoms with Gasteiger partial charge in [-0.25, -0.2) is 17.2 Å². The Bertz CT molecular complexity index is 448. The van der Waals surface area contributed by atoms with Crippen LogP contribution in [-0.4, -0.2) is 18.1 Å². The van der Waals surface area contributed by atoms with Gasteiger partial charge in [0.05, 0.1) is 0 Å². The van der Waals surface area contributed by atoms with Crippen molar-refractivity contribution < 1.29 is 56.4 Å². The number of halogens is 2. The van der Waals surface area contributed by atoms with Crippen LogP contribution in [-0.2, 0) is 10.1 Å². The van der Waals surface area contributed by atoms with Crippen LogP contribution in [0.25, 0.3) is 0 Å². The zero-order valence-corrected chi connectivity index (χ0v) is 10.5. The van der Waals surface area contributed by atoms with Crippen LogP contribution in [0.2, 0.25) is 0 Å². The largest absolute Gasteiger partial charge is 1.00 e. The number of hydrogen-bond acceptors (Lipinski definition) is 4. The predicted octanol–water partition coefficient (Wildman–Crippen LogP) is -2.50. The summed E-state index contributed by atoms with van der Waals surface area (Å²) < 4.78 is 56.2. The number of hydrogen-bond donors (Lipinski definition) is 1. The third-order valence-electron chi connectivity index (χ3n) is 1.50. The van der Waals surface area contributed by atoms with Crippen LogP contribution in [0.4, 0.5) is 8.78 Å². The van der Waals surface area contributed by atoms with Gasteiger partial charge < -0.3 is 9.66 Å². The second-order valence-corrected chi connectivity index (χ2v) is 3.94. The SMILES string of the molecule is O=S(=O)([O-])C(O)c1cc(F)ccc1F.[Na+]. The van der Waals surface area contributed by atoms with Gasteiger partial charge in [-0.05, 0) is 18.2 Å². The van der Waals surface area contributed by atoms with Crippen LogP contribution in [0.1, 0.15) is 11.0 Å². The molecule has 0 heterocycles. The minimum Gasteiger partial charge on any atom is -0.746 e. The van der Waals surface area contributed by atoms with E-state index < -0.39 is 32.8 Å². The van der Waals surface area contributed by atoms with Crippen LogP contribution >= 0.6 is 0 Å². The van der Waals surface area contributed by atoms with Gasteiger partial charge in [0.15, 0.2) is 5.44 Å². The molecule has 1 rings (SSSR count). The normalized spacial score (nSPS) is 13.1. The quantitative estimate of drug-likeness (QED) is 0.462. The van der Waals surface area contributed by atoms with Crippen molar-refractivity contribution in [1.29, 1.82) is 0 Å². The van der Waals surface area contributed by atoms with E-state index >= 15 is 0 Å². The van der Waals surface area contributed by atoms with Crippen molar-refractivity contribution in [3.05, 3.63) is 35.4 Å². The Balaban J connectivity index is 0.00000196. The molecular weight excluding hydrogens is 241 g/mol. The molecule has 8 heteroatoms. The molecule has 4 nitrogen and oxygen atoms in total. The monoisotopic (exact) mass is 246 g/mol. The fraction of sp³-hybridized carbons (Fsp3) is 0.143. The van der Waals surface area contributed by atoms with Gasteiger partial charge in [-0.3, -0.25) is 0 Å². The second kappa shape index (κ2) is 5.33. The van der Waals surface area contributed by atoms with Crippen molar-refractivity contribution in [3.8, 4) is 0 Å². The van der Waals surface area contributed by atoms with Crippen molar-refractivity contribution in [2.24, 2.45) is 0 Å². The van der Waals surface area contributed by atoms with E-state index in [9.17, 15) is 21.8 Å². The summed E-state index contributed by atoms with van der Waals surface area (Å²) in [4.78, 5) is 0. The minimum atomic E-state index is -5.10. The number of aliphatic hydroxyl groups excluding tert-OH is 1. The van der Waals surface area contributed by atoms with Crippen LogP contribution in [0.3, 0.4) is 0 Å². The molecule has 0 saturated heterocycles. The molecule has 0 bridgehead atoms. The van der Waals surface area contributed by atoms with Gasteiger partial charge in [0.25, 0.3) is 0 Å². The van der Waals surface area contributed by atoms with Crippen LogP contribution < -0.4 is 29.6 Å². The van der Waals surface area contributed by atoms with Crippen LogP contribution in [0, 0.1) is 11.6 Å². The first-order valence-corrected chi connectivity index (χ1v) is 4.87. The molecule has 0 aliphatic heterocycles. The molecule has 1 unspecified atom stereocenters. The fourth-order valence-electron chi connectivity index (χ4n) is 0.859. The average Bonchev–Trinajstić information content (AvgIpc) is 2.06. The first-order chi connectivity index (χ1) is 6.32. The Kier molecular flexibility index (Phi) is 5.31. The van der Waals surface area contributed by atoms with E-state index in [-0.39, 0.29) is 29.6 Å². The summed E-state index contributed by atoms with van der Waals surface area (Å²) in [6.07, 6.45) is 0. The van der Waals surface area contributed by atoms with E-state index in [1.54, 1.807) is 0 Å². The Labute approximate surface area is 107 Å². The molecule has 15 heavy (non-hydrogen) atoms. The number of aliphatic hydroxyl groups is 1. The van der Waals surface area contributed by atoms with Gasteiger partial charge in [-0.2, -0.15) is 0 Å². The number of benzene rings is 1. The van der Waals surface area contributed by atoms with Gasteiger partial charge in [0.2, 0.25) is 0 Å². The smallest absolute Gasteiger partial charge is 0.746 e. The molecule has 0 aliphatic rings. The molecule has 0 radical (unpaired) electrons. The average molecular weight is 246 g/mol. The Hall–Kier alpha value is -0.0500. The molecule has 1 aromatic carbocycles. The molecule has 0 aliphatic carbocycles. The van der Waals surface area contributed by atoms with Gasteiger partial charge in [0, 0.05) is 5.56 Å². The maximum absolute atomic E-state index is 12.8. The zero-order valence-electron chi connectivity index (χ0n) is 7.65. The van der Waals surface area contributed by atoms with E-state index in [1.165, 1.54) is 0 Å². The molecule has 1 aromatic rings. The molecule has 0 fully saturated rings. The predicted molar refractivity (Wildman–Crippen MR) is 41.0 cm³/mol. The van der Waals surface area contributed by atoms with E-state index in [1.807, 2.05) is 0 Å². The molecule has 1 atom stereocenters. The molecule has 1 N–H and O–H groups in total. The summed E-state index contributed by atoms with van der Waals surface area (Å²) >= 11 is 0. The Morgan fingerprint density at radius 2 is 1.87 bits per heavy atom. The maximum Gasteiger partial charge on any atom is 1.00 e. The fourth-order valence-corrected chi connectivity index (χ4v) is 1.35. The van der Waals surface area contributed by atoms with Crippen molar-refractivity contribution in [1.82, 2.24) is 0 Å². The molecule has 0 aromatic heterocycles. The second-order valence-electron chi connectivity index (χ2n) is 2.51. The van der Waals surface area contributed by atoms with E-state index in [0.29, 0.717) is 12.1 Å². The summed E-state index contributed by atoms with van der Waals surface area (Å²) in [5.41, 5.74) is -3.47. The van der Waals surface area contributed by atoms with Gasteiger partial charge in [0.1, 0.15) is 21.8 Å². The Morgan fingerprint density at radius 1 is 1.33 bits per heavy atom. The standard InChI is InChI=1S/C7H6F2O4S.Na/c8-4-1-2-6(9)5(3-4)7(10)14(11,12)13;/h1-3,7,10H,(H,11,12,13);/q;+1/p-1. The first kappa shape index (κ1) is 14.9. The van der Waals surface area contributed by atoms with Gasteiger partial charge >= 0.3 is 29.6 Å². The van der Waals surface area contributed by atoms with Gasteiger partial charge in [-0.1, -0.05) is 0 Å².